The third kappa shape index (κ3) is 4.74. The molecule has 1 fully saturated rings. The SMILES string of the molecule is CN(Cc1ccc(N2CCOCC2)cc1)C(=O)c1ccc2c(c1)NC(=O)CCS2. The molecule has 7 heteroatoms. The molecule has 2 aliphatic heterocycles. The number of rotatable bonds is 4. The molecule has 1 N–H and O–H groups in total. The highest BCUT2D eigenvalue weighted by molar-refractivity contribution is 7.99. The van der Waals surface area contributed by atoms with E-state index in [0.717, 1.165) is 48.2 Å². The number of anilines is 2. The lowest BCUT2D eigenvalue weighted by Crippen LogP contribution is -2.36. The van der Waals surface area contributed by atoms with E-state index in [9.17, 15) is 9.59 Å². The fourth-order valence-electron chi connectivity index (χ4n) is 3.55. The monoisotopic (exact) mass is 411 g/mol. The van der Waals surface area contributed by atoms with Crippen LogP contribution in [0.3, 0.4) is 0 Å². The first kappa shape index (κ1) is 19.8. The molecule has 0 aliphatic carbocycles. The van der Waals surface area contributed by atoms with Crippen molar-refractivity contribution < 1.29 is 14.3 Å². The minimum absolute atomic E-state index is 0.00504. The second kappa shape index (κ2) is 8.88. The first-order valence-electron chi connectivity index (χ1n) is 9.84. The van der Waals surface area contributed by atoms with E-state index in [1.807, 2.05) is 12.1 Å². The highest BCUT2D eigenvalue weighted by Crippen LogP contribution is 2.31. The van der Waals surface area contributed by atoms with Crippen LogP contribution >= 0.6 is 11.8 Å². The van der Waals surface area contributed by atoms with Gasteiger partial charge >= 0.3 is 0 Å². The fourth-order valence-corrected chi connectivity index (χ4v) is 4.49. The molecule has 1 saturated heterocycles. The summed E-state index contributed by atoms with van der Waals surface area (Å²) in [7, 11) is 1.80. The average molecular weight is 412 g/mol. The molecule has 4 rings (SSSR count). The standard InChI is InChI=1S/C22H25N3O3S/c1-24(15-16-2-5-18(6-3-16)25-9-11-28-12-10-25)22(27)17-4-7-20-19(14-17)23-21(26)8-13-29-20/h2-7,14H,8-13,15H2,1H3,(H,23,26). The first-order valence-corrected chi connectivity index (χ1v) is 10.8. The smallest absolute Gasteiger partial charge is 0.253 e. The van der Waals surface area contributed by atoms with Crippen molar-refractivity contribution in [1.82, 2.24) is 4.90 Å². The molecule has 0 bridgehead atoms. The summed E-state index contributed by atoms with van der Waals surface area (Å²) in [6.07, 6.45) is 0.489. The molecular formula is C22H25N3O3S. The molecule has 0 aromatic heterocycles. The number of nitrogens with zero attached hydrogens (tertiary/aromatic N) is 2. The Morgan fingerprint density at radius 3 is 2.69 bits per heavy atom. The number of amides is 2. The van der Waals surface area contributed by atoms with Crippen LogP contribution in [0.4, 0.5) is 11.4 Å². The van der Waals surface area contributed by atoms with Gasteiger partial charge in [-0.15, -0.1) is 11.8 Å². The molecule has 0 spiro atoms. The Kier molecular flexibility index (Phi) is 6.06. The van der Waals surface area contributed by atoms with Crippen molar-refractivity contribution in [1.29, 1.82) is 0 Å². The van der Waals surface area contributed by atoms with Crippen LogP contribution in [-0.4, -0.2) is 55.8 Å². The summed E-state index contributed by atoms with van der Waals surface area (Å²) in [5, 5.41) is 2.90. The van der Waals surface area contributed by atoms with Gasteiger partial charge in [0.2, 0.25) is 5.91 Å². The predicted molar refractivity (Wildman–Crippen MR) is 116 cm³/mol. The second-order valence-corrected chi connectivity index (χ2v) is 8.42. The maximum Gasteiger partial charge on any atom is 0.253 e. The van der Waals surface area contributed by atoms with Gasteiger partial charge in [-0.05, 0) is 35.9 Å². The van der Waals surface area contributed by atoms with Crippen LogP contribution in [-0.2, 0) is 16.1 Å². The van der Waals surface area contributed by atoms with E-state index in [0.29, 0.717) is 18.5 Å². The topological polar surface area (TPSA) is 61.9 Å². The predicted octanol–water partition coefficient (Wildman–Crippen LogP) is 3.23. The van der Waals surface area contributed by atoms with Crippen LogP contribution in [0.1, 0.15) is 22.3 Å². The summed E-state index contributed by atoms with van der Waals surface area (Å²) >= 11 is 1.64. The molecule has 2 amide bonds. The maximum absolute atomic E-state index is 12.9. The van der Waals surface area contributed by atoms with Crippen molar-refractivity contribution in [3.05, 3.63) is 53.6 Å². The average Bonchev–Trinajstić information content (AvgIpc) is 2.94. The van der Waals surface area contributed by atoms with Crippen LogP contribution in [0.25, 0.3) is 0 Å². The summed E-state index contributed by atoms with van der Waals surface area (Å²) in [5.41, 5.74) is 3.58. The van der Waals surface area contributed by atoms with E-state index < -0.39 is 0 Å². The number of hydrogen-bond acceptors (Lipinski definition) is 5. The quantitative estimate of drug-likeness (QED) is 0.837. The van der Waals surface area contributed by atoms with E-state index in [4.69, 9.17) is 4.74 Å². The molecule has 2 aromatic rings. The lowest BCUT2D eigenvalue weighted by molar-refractivity contribution is -0.115. The lowest BCUT2D eigenvalue weighted by Gasteiger charge is -2.29. The van der Waals surface area contributed by atoms with Gasteiger partial charge in [-0.3, -0.25) is 9.59 Å². The van der Waals surface area contributed by atoms with Crippen molar-refractivity contribution in [3.63, 3.8) is 0 Å². The third-order valence-electron chi connectivity index (χ3n) is 5.17. The number of hydrogen-bond donors (Lipinski definition) is 1. The largest absolute Gasteiger partial charge is 0.378 e. The first-order chi connectivity index (χ1) is 14.1. The summed E-state index contributed by atoms with van der Waals surface area (Å²) in [6, 6.07) is 13.9. The summed E-state index contributed by atoms with van der Waals surface area (Å²) in [4.78, 5) is 29.7. The van der Waals surface area contributed by atoms with Crippen LogP contribution in [0.5, 0.6) is 0 Å². The molecule has 29 heavy (non-hydrogen) atoms. The van der Waals surface area contributed by atoms with E-state index in [-0.39, 0.29) is 11.8 Å². The molecule has 6 nitrogen and oxygen atoms in total. The van der Waals surface area contributed by atoms with Gasteiger partial charge in [-0.1, -0.05) is 12.1 Å². The summed E-state index contributed by atoms with van der Waals surface area (Å²) in [5.74, 6) is 0.690. The van der Waals surface area contributed by atoms with Gasteiger partial charge in [0.25, 0.3) is 5.91 Å². The minimum atomic E-state index is -0.0615. The molecule has 0 atom stereocenters. The molecular weight excluding hydrogens is 386 g/mol. The second-order valence-electron chi connectivity index (χ2n) is 7.28. The van der Waals surface area contributed by atoms with Gasteiger partial charge < -0.3 is 19.9 Å². The van der Waals surface area contributed by atoms with Crippen molar-refractivity contribution in [2.45, 2.75) is 17.9 Å². The van der Waals surface area contributed by atoms with Gasteiger partial charge in [-0.25, -0.2) is 0 Å². The number of thioether (sulfide) groups is 1. The van der Waals surface area contributed by atoms with Crippen molar-refractivity contribution >= 4 is 35.0 Å². The highest BCUT2D eigenvalue weighted by Gasteiger charge is 2.18. The zero-order valence-electron chi connectivity index (χ0n) is 16.5. The number of fused-ring (bicyclic) bond motifs is 1. The molecule has 2 aliphatic rings. The van der Waals surface area contributed by atoms with Gasteiger partial charge in [-0.2, -0.15) is 0 Å². The Hall–Kier alpha value is -2.51. The Balaban J connectivity index is 1.42. The van der Waals surface area contributed by atoms with E-state index in [1.165, 1.54) is 5.69 Å². The number of carbonyl (C=O) groups excluding carboxylic acids is 2. The molecule has 0 radical (unpaired) electrons. The number of morpholine rings is 1. The van der Waals surface area contributed by atoms with Crippen molar-refractivity contribution in [2.75, 3.05) is 49.3 Å². The van der Waals surface area contributed by atoms with Crippen LogP contribution < -0.4 is 10.2 Å². The van der Waals surface area contributed by atoms with Crippen LogP contribution in [0, 0.1) is 0 Å². The Bertz CT molecular complexity index is 895. The number of carbonyl (C=O) groups is 2. The Morgan fingerprint density at radius 1 is 1.17 bits per heavy atom. The van der Waals surface area contributed by atoms with Gasteiger partial charge in [0.05, 0.1) is 18.9 Å². The Labute approximate surface area is 175 Å². The number of benzene rings is 2. The van der Waals surface area contributed by atoms with E-state index >= 15 is 0 Å². The lowest BCUT2D eigenvalue weighted by atomic mass is 10.1. The molecule has 0 unspecified atom stereocenters. The maximum atomic E-state index is 12.9. The fraction of sp³-hybridized carbons (Fsp3) is 0.364. The molecule has 2 aromatic carbocycles. The zero-order chi connectivity index (χ0) is 20.2. The minimum Gasteiger partial charge on any atom is -0.378 e. The Morgan fingerprint density at radius 2 is 1.93 bits per heavy atom. The summed E-state index contributed by atoms with van der Waals surface area (Å²) in [6.45, 7) is 3.87. The van der Waals surface area contributed by atoms with Crippen molar-refractivity contribution in [3.8, 4) is 0 Å². The zero-order valence-corrected chi connectivity index (χ0v) is 17.3. The number of nitrogens with one attached hydrogen (secondary N) is 1. The van der Waals surface area contributed by atoms with Crippen LogP contribution in [0.15, 0.2) is 47.4 Å². The van der Waals surface area contributed by atoms with E-state index in [1.54, 1.807) is 29.8 Å². The number of ether oxygens (including phenoxy) is 1. The van der Waals surface area contributed by atoms with E-state index in [2.05, 4.69) is 34.5 Å². The molecule has 152 valence electrons. The van der Waals surface area contributed by atoms with Gasteiger partial charge in [0.15, 0.2) is 0 Å². The van der Waals surface area contributed by atoms with Crippen LogP contribution in [0.2, 0.25) is 0 Å². The van der Waals surface area contributed by atoms with Gasteiger partial charge in [0.1, 0.15) is 0 Å². The molecule has 2 heterocycles. The summed E-state index contributed by atoms with van der Waals surface area (Å²) < 4.78 is 5.40. The molecule has 0 saturated carbocycles. The van der Waals surface area contributed by atoms with Crippen molar-refractivity contribution in [2.24, 2.45) is 0 Å². The normalized spacial score (nSPS) is 16.6. The third-order valence-corrected chi connectivity index (χ3v) is 6.24. The highest BCUT2D eigenvalue weighted by atomic mass is 32.2. The van der Waals surface area contributed by atoms with Gasteiger partial charge in [0, 0.05) is 55.0 Å².